The maximum atomic E-state index is 12.2. The number of ether oxygens (including phenoxy) is 1. The van der Waals surface area contributed by atoms with E-state index in [0.29, 0.717) is 30.2 Å². The molecule has 0 saturated carbocycles. The van der Waals surface area contributed by atoms with Crippen molar-refractivity contribution in [3.05, 3.63) is 94.8 Å². The number of halogens is 1. The van der Waals surface area contributed by atoms with Crippen LogP contribution in [0.2, 0.25) is 5.02 Å². The van der Waals surface area contributed by atoms with Crippen molar-refractivity contribution in [2.75, 3.05) is 0 Å². The Hall–Kier alpha value is -2.65. The van der Waals surface area contributed by atoms with Crippen molar-refractivity contribution in [3.8, 4) is 5.75 Å². The minimum atomic E-state index is 0.230. The number of hydrogen-bond donors (Lipinski definition) is 0. The van der Waals surface area contributed by atoms with Crippen LogP contribution in [0.25, 0.3) is 0 Å². The van der Waals surface area contributed by atoms with Crippen LogP contribution in [0.15, 0.2) is 73.1 Å². The van der Waals surface area contributed by atoms with Crippen LogP contribution in [0.1, 0.15) is 23.1 Å². The van der Waals surface area contributed by atoms with Crippen molar-refractivity contribution < 1.29 is 9.53 Å². The molecule has 132 valence electrons. The van der Waals surface area contributed by atoms with E-state index in [9.17, 15) is 4.79 Å². The zero-order valence-corrected chi connectivity index (χ0v) is 15.2. The second-order valence-electron chi connectivity index (χ2n) is 6.11. The fourth-order valence-electron chi connectivity index (χ4n) is 2.62. The van der Waals surface area contributed by atoms with Gasteiger partial charge in [0.15, 0.2) is 0 Å². The first kappa shape index (κ1) is 18.2. The van der Waals surface area contributed by atoms with Gasteiger partial charge in [0.25, 0.3) is 0 Å². The highest BCUT2D eigenvalue weighted by atomic mass is 35.5. The Kier molecular flexibility index (Phi) is 6.39. The molecule has 0 aliphatic carbocycles. The van der Waals surface area contributed by atoms with Crippen LogP contribution in [-0.4, -0.2) is 10.8 Å². The smallest absolute Gasteiger partial charge is 0.138 e. The van der Waals surface area contributed by atoms with E-state index in [1.165, 1.54) is 0 Å². The van der Waals surface area contributed by atoms with E-state index < -0.39 is 0 Å². The number of nitrogens with zero attached hydrogens (tertiary/aromatic N) is 1. The van der Waals surface area contributed by atoms with Gasteiger partial charge >= 0.3 is 0 Å². The Bertz CT molecular complexity index is 848. The van der Waals surface area contributed by atoms with Crippen LogP contribution in [0.5, 0.6) is 5.75 Å². The predicted molar refractivity (Wildman–Crippen MR) is 103 cm³/mol. The molecule has 0 radical (unpaired) electrons. The SMILES string of the molecule is O=C(CCc1cccnc1)Cc1ccc(COc2ccccc2Cl)cc1. The first-order valence-electron chi connectivity index (χ1n) is 8.56. The molecule has 1 heterocycles. The predicted octanol–water partition coefficient (Wildman–Crippen LogP) is 5.06. The number of aromatic nitrogens is 1. The van der Waals surface area contributed by atoms with Gasteiger partial charge in [0, 0.05) is 25.2 Å². The summed E-state index contributed by atoms with van der Waals surface area (Å²) < 4.78 is 5.73. The zero-order valence-electron chi connectivity index (χ0n) is 14.4. The van der Waals surface area contributed by atoms with Gasteiger partial charge in [-0.2, -0.15) is 0 Å². The van der Waals surface area contributed by atoms with Gasteiger partial charge in [-0.05, 0) is 41.3 Å². The highest BCUT2D eigenvalue weighted by Gasteiger charge is 2.06. The molecule has 0 bridgehead atoms. The van der Waals surface area contributed by atoms with Gasteiger partial charge in [-0.15, -0.1) is 0 Å². The molecule has 0 spiro atoms. The molecule has 26 heavy (non-hydrogen) atoms. The Morgan fingerprint density at radius 2 is 1.69 bits per heavy atom. The number of hydrogen-bond acceptors (Lipinski definition) is 3. The fraction of sp³-hybridized carbons (Fsp3) is 0.182. The normalized spacial score (nSPS) is 10.5. The first-order valence-corrected chi connectivity index (χ1v) is 8.94. The van der Waals surface area contributed by atoms with Crippen LogP contribution in [0.3, 0.4) is 0 Å². The van der Waals surface area contributed by atoms with Crippen LogP contribution in [0.4, 0.5) is 0 Å². The van der Waals surface area contributed by atoms with E-state index in [1.54, 1.807) is 18.5 Å². The molecule has 3 nitrogen and oxygen atoms in total. The van der Waals surface area contributed by atoms with E-state index in [1.807, 2.05) is 54.6 Å². The second-order valence-corrected chi connectivity index (χ2v) is 6.52. The molecule has 1 aromatic heterocycles. The third-order valence-electron chi connectivity index (χ3n) is 4.07. The lowest BCUT2D eigenvalue weighted by molar-refractivity contribution is -0.118. The van der Waals surface area contributed by atoms with Gasteiger partial charge in [-0.1, -0.05) is 54.1 Å². The first-order chi connectivity index (χ1) is 12.7. The van der Waals surface area contributed by atoms with E-state index in [4.69, 9.17) is 16.3 Å². The standard InChI is InChI=1S/C22H20ClNO2/c23-21-5-1-2-6-22(21)26-16-19-9-7-17(8-10-19)14-20(25)12-11-18-4-3-13-24-15-18/h1-10,13,15H,11-12,14,16H2. The lowest BCUT2D eigenvalue weighted by atomic mass is 10.0. The van der Waals surface area contributed by atoms with Gasteiger partial charge in [0.2, 0.25) is 0 Å². The Morgan fingerprint density at radius 1 is 0.923 bits per heavy atom. The molecule has 3 rings (SSSR count). The van der Waals surface area contributed by atoms with E-state index in [0.717, 1.165) is 23.1 Å². The van der Waals surface area contributed by atoms with Crippen molar-refractivity contribution in [1.82, 2.24) is 4.98 Å². The summed E-state index contributed by atoms with van der Waals surface area (Å²) in [5.74, 6) is 0.901. The minimum Gasteiger partial charge on any atom is -0.487 e. The molecule has 3 aromatic rings. The lowest BCUT2D eigenvalue weighted by Gasteiger charge is -2.08. The van der Waals surface area contributed by atoms with Crippen molar-refractivity contribution in [1.29, 1.82) is 0 Å². The van der Waals surface area contributed by atoms with Crippen molar-refractivity contribution in [2.45, 2.75) is 25.9 Å². The average Bonchev–Trinajstić information content (AvgIpc) is 2.68. The largest absolute Gasteiger partial charge is 0.487 e. The second kappa shape index (κ2) is 9.16. The summed E-state index contributed by atoms with van der Waals surface area (Å²) in [4.78, 5) is 16.2. The maximum Gasteiger partial charge on any atom is 0.138 e. The zero-order chi connectivity index (χ0) is 18.2. The van der Waals surface area contributed by atoms with E-state index >= 15 is 0 Å². The molecule has 0 aliphatic heterocycles. The lowest BCUT2D eigenvalue weighted by Crippen LogP contribution is -2.05. The van der Waals surface area contributed by atoms with E-state index in [2.05, 4.69) is 4.98 Å². The fourth-order valence-corrected chi connectivity index (χ4v) is 2.81. The average molecular weight is 366 g/mol. The van der Waals surface area contributed by atoms with Crippen LogP contribution in [-0.2, 0) is 24.2 Å². The number of pyridine rings is 1. The Balaban J connectivity index is 1.48. The Labute approximate surface area is 158 Å². The number of carbonyl (C=O) groups excluding carboxylic acids is 1. The van der Waals surface area contributed by atoms with Crippen LogP contribution >= 0.6 is 11.6 Å². The number of aryl methyl sites for hydroxylation is 1. The number of Topliss-reactive ketones (excluding diaryl/α,β-unsaturated/α-hetero) is 1. The molecule has 0 amide bonds. The molecule has 0 unspecified atom stereocenters. The number of carbonyl (C=O) groups is 1. The summed E-state index contributed by atoms with van der Waals surface area (Å²) >= 11 is 6.08. The molecule has 0 fully saturated rings. The number of para-hydroxylation sites is 1. The van der Waals surface area contributed by atoms with Crippen LogP contribution < -0.4 is 4.74 Å². The Morgan fingerprint density at radius 3 is 2.42 bits per heavy atom. The minimum absolute atomic E-state index is 0.230. The van der Waals surface area contributed by atoms with Gasteiger partial charge in [-0.25, -0.2) is 0 Å². The van der Waals surface area contributed by atoms with Crippen molar-refractivity contribution >= 4 is 17.4 Å². The maximum absolute atomic E-state index is 12.2. The topological polar surface area (TPSA) is 39.2 Å². The third kappa shape index (κ3) is 5.43. The van der Waals surface area contributed by atoms with Crippen molar-refractivity contribution in [2.24, 2.45) is 0 Å². The van der Waals surface area contributed by atoms with Gasteiger partial charge in [0.05, 0.1) is 5.02 Å². The highest BCUT2D eigenvalue weighted by molar-refractivity contribution is 6.32. The highest BCUT2D eigenvalue weighted by Crippen LogP contribution is 2.24. The van der Waals surface area contributed by atoms with Gasteiger partial charge in [0.1, 0.15) is 18.1 Å². The summed E-state index contributed by atoms with van der Waals surface area (Å²) in [5, 5.41) is 0.600. The van der Waals surface area contributed by atoms with Crippen molar-refractivity contribution in [3.63, 3.8) is 0 Å². The summed E-state index contributed by atoms with van der Waals surface area (Å²) in [6, 6.07) is 19.2. The monoisotopic (exact) mass is 365 g/mol. The van der Waals surface area contributed by atoms with Gasteiger partial charge < -0.3 is 4.74 Å². The summed E-state index contributed by atoms with van der Waals surface area (Å²) in [7, 11) is 0. The van der Waals surface area contributed by atoms with Crippen LogP contribution in [0, 0.1) is 0 Å². The quantitative estimate of drug-likeness (QED) is 0.560. The number of ketones is 1. The molecule has 0 saturated heterocycles. The molecular formula is C22H20ClNO2. The number of benzene rings is 2. The molecule has 2 aromatic carbocycles. The van der Waals surface area contributed by atoms with E-state index in [-0.39, 0.29) is 5.78 Å². The number of rotatable bonds is 8. The summed E-state index contributed by atoms with van der Waals surface area (Å²) in [6.07, 6.45) is 5.26. The van der Waals surface area contributed by atoms with Gasteiger partial charge in [-0.3, -0.25) is 9.78 Å². The molecule has 0 aliphatic rings. The molecule has 4 heteroatoms. The molecule has 0 N–H and O–H groups in total. The molecule has 0 atom stereocenters. The molecular weight excluding hydrogens is 346 g/mol. The third-order valence-corrected chi connectivity index (χ3v) is 4.38. The summed E-state index contributed by atoms with van der Waals surface area (Å²) in [6.45, 7) is 0.443. The summed E-state index contributed by atoms with van der Waals surface area (Å²) in [5.41, 5.74) is 3.15.